The number of anilines is 1. The van der Waals surface area contributed by atoms with Crippen molar-refractivity contribution in [3.63, 3.8) is 0 Å². The molecule has 0 radical (unpaired) electrons. The van der Waals surface area contributed by atoms with Gasteiger partial charge in [-0.15, -0.1) is 0 Å². The molecule has 8 nitrogen and oxygen atoms in total. The van der Waals surface area contributed by atoms with Crippen molar-refractivity contribution in [3.8, 4) is 11.5 Å². The summed E-state index contributed by atoms with van der Waals surface area (Å²) < 4.78 is 10.7. The summed E-state index contributed by atoms with van der Waals surface area (Å²) in [5.74, 6) is -1.16. The van der Waals surface area contributed by atoms with Gasteiger partial charge in [0.15, 0.2) is 11.5 Å². The quantitative estimate of drug-likeness (QED) is 0.596. The predicted molar refractivity (Wildman–Crippen MR) is 130 cm³/mol. The molecule has 2 aromatic carbocycles. The number of halogens is 1. The van der Waals surface area contributed by atoms with Crippen LogP contribution in [0.5, 0.6) is 11.5 Å². The van der Waals surface area contributed by atoms with Crippen molar-refractivity contribution in [3.05, 3.63) is 52.5 Å². The molecule has 3 aliphatic rings. The third-order valence-electron chi connectivity index (χ3n) is 7.49. The molecule has 1 spiro atoms. The number of amides is 3. The number of carbonyl (C=O) groups excluding carboxylic acids is 3. The second-order valence-corrected chi connectivity index (χ2v) is 10.1. The van der Waals surface area contributed by atoms with Crippen LogP contribution in [0.1, 0.15) is 25.0 Å². The fourth-order valence-electron chi connectivity index (χ4n) is 5.84. The van der Waals surface area contributed by atoms with Crippen molar-refractivity contribution in [2.45, 2.75) is 31.8 Å². The van der Waals surface area contributed by atoms with E-state index in [1.807, 2.05) is 26.0 Å². The van der Waals surface area contributed by atoms with Crippen molar-refractivity contribution < 1.29 is 23.9 Å². The summed E-state index contributed by atoms with van der Waals surface area (Å²) in [7, 11) is 3.13. The van der Waals surface area contributed by atoms with Gasteiger partial charge in [-0.3, -0.25) is 24.6 Å². The number of hydrogen-bond donors (Lipinski definition) is 2. The second kappa shape index (κ2) is 8.53. The molecule has 0 saturated carbocycles. The van der Waals surface area contributed by atoms with Gasteiger partial charge in [0, 0.05) is 28.9 Å². The van der Waals surface area contributed by atoms with Crippen molar-refractivity contribution in [1.82, 2.24) is 10.2 Å². The molecule has 0 aromatic heterocycles. The molecule has 0 bridgehead atoms. The monoisotopic (exact) mass is 497 g/mol. The van der Waals surface area contributed by atoms with E-state index in [1.165, 1.54) is 4.90 Å². The molecule has 0 unspecified atom stereocenters. The number of benzene rings is 2. The highest BCUT2D eigenvalue weighted by molar-refractivity contribution is 6.31. The van der Waals surface area contributed by atoms with Crippen LogP contribution in [-0.2, 0) is 26.3 Å². The Morgan fingerprint density at radius 1 is 1.03 bits per heavy atom. The van der Waals surface area contributed by atoms with E-state index in [0.717, 1.165) is 5.56 Å². The highest BCUT2D eigenvalue weighted by atomic mass is 35.5. The SMILES string of the molecule is COc1ccc(CCN2C(=O)[C@@H]3[C@@H](C(C)C)N[C@]4(C(=O)Nc5ccc(Cl)cc54)[C@@H]3C2=O)cc1OC. The number of likely N-dealkylation sites (tertiary alicyclic amines) is 1. The van der Waals surface area contributed by atoms with Gasteiger partial charge in [0.2, 0.25) is 17.7 Å². The van der Waals surface area contributed by atoms with Gasteiger partial charge in [0.1, 0.15) is 5.54 Å². The van der Waals surface area contributed by atoms with Crippen molar-refractivity contribution >= 4 is 35.0 Å². The first kappa shape index (κ1) is 23.6. The molecule has 184 valence electrons. The average molecular weight is 498 g/mol. The first-order valence-corrected chi connectivity index (χ1v) is 12.1. The van der Waals surface area contributed by atoms with Gasteiger partial charge in [-0.1, -0.05) is 31.5 Å². The number of nitrogens with zero attached hydrogens (tertiary/aromatic N) is 1. The second-order valence-electron chi connectivity index (χ2n) is 9.64. The minimum absolute atomic E-state index is 0.0282. The molecule has 4 atom stereocenters. The zero-order chi connectivity index (χ0) is 25.1. The van der Waals surface area contributed by atoms with Crippen LogP contribution >= 0.6 is 11.6 Å². The standard InChI is InChI=1S/C26H28ClN3O5/c1-13(2)22-20-21(26(29-22)16-12-15(27)6-7-17(16)28-25(26)33)24(32)30(23(20)31)10-9-14-5-8-18(34-3)19(11-14)35-4/h5-8,11-13,20-22,29H,9-10H2,1-4H3,(H,28,33)/t20-,21-,22+,26-/m0/s1. The molecule has 0 aliphatic carbocycles. The molecule has 5 rings (SSSR count). The number of imide groups is 1. The van der Waals surface area contributed by atoms with Crippen LogP contribution in [0.2, 0.25) is 5.02 Å². The molecule has 2 saturated heterocycles. The zero-order valence-electron chi connectivity index (χ0n) is 20.1. The Morgan fingerprint density at radius 3 is 2.46 bits per heavy atom. The molecule has 2 N–H and O–H groups in total. The summed E-state index contributed by atoms with van der Waals surface area (Å²) >= 11 is 6.28. The molecule has 2 fully saturated rings. The summed E-state index contributed by atoms with van der Waals surface area (Å²) in [5, 5.41) is 6.77. The fourth-order valence-corrected chi connectivity index (χ4v) is 6.01. The van der Waals surface area contributed by atoms with E-state index in [0.29, 0.717) is 34.2 Å². The van der Waals surface area contributed by atoms with E-state index in [9.17, 15) is 14.4 Å². The summed E-state index contributed by atoms with van der Waals surface area (Å²) in [5.41, 5.74) is 0.810. The van der Waals surface area contributed by atoms with Gasteiger partial charge >= 0.3 is 0 Å². The number of carbonyl (C=O) groups is 3. The van der Waals surface area contributed by atoms with E-state index in [-0.39, 0.29) is 36.2 Å². The van der Waals surface area contributed by atoms with Crippen LogP contribution in [0.4, 0.5) is 5.69 Å². The molecular formula is C26H28ClN3O5. The predicted octanol–water partition coefficient (Wildman–Crippen LogP) is 2.98. The average Bonchev–Trinajstić information content (AvgIpc) is 3.43. The van der Waals surface area contributed by atoms with Crippen LogP contribution in [0.3, 0.4) is 0 Å². The lowest BCUT2D eigenvalue weighted by atomic mass is 9.76. The highest BCUT2D eigenvalue weighted by Gasteiger charge is 2.70. The van der Waals surface area contributed by atoms with Crippen LogP contribution < -0.4 is 20.1 Å². The maximum atomic E-state index is 13.8. The molecule has 3 amide bonds. The maximum Gasteiger partial charge on any atom is 0.250 e. The maximum absolute atomic E-state index is 13.8. The molecule has 3 heterocycles. The van der Waals surface area contributed by atoms with E-state index >= 15 is 0 Å². The van der Waals surface area contributed by atoms with Crippen molar-refractivity contribution in [1.29, 1.82) is 0 Å². The third-order valence-corrected chi connectivity index (χ3v) is 7.73. The minimum Gasteiger partial charge on any atom is -0.493 e. The lowest BCUT2D eigenvalue weighted by Crippen LogP contribution is -2.54. The van der Waals surface area contributed by atoms with Crippen LogP contribution in [0, 0.1) is 17.8 Å². The smallest absolute Gasteiger partial charge is 0.250 e. The Hall–Kier alpha value is -3.10. The van der Waals surface area contributed by atoms with Crippen LogP contribution in [0.15, 0.2) is 36.4 Å². The molecule has 35 heavy (non-hydrogen) atoms. The van der Waals surface area contributed by atoms with E-state index < -0.39 is 17.4 Å². The zero-order valence-corrected chi connectivity index (χ0v) is 20.8. The third kappa shape index (κ3) is 3.42. The largest absolute Gasteiger partial charge is 0.493 e. The Kier molecular flexibility index (Phi) is 5.76. The number of ether oxygens (including phenoxy) is 2. The Labute approximate surface area is 208 Å². The Bertz CT molecular complexity index is 1230. The Balaban J connectivity index is 1.49. The minimum atomic E-state index is -1.33. The first-order chi connectivity index (χ1) is 16.7. The number of methoxy groups -OCH3 is 2. The molecule has 9 heteroatoms. The number of hydrogen-bond acceptors (Lipinski definition) is 6. The van der Waals surface area contributed by atoms with Gasteiger partial charge < -0.3 is 14.8 Å². The number of fused-ring (bicyclic) bond motifs is 4. The lowest BCUT2D eigenvalue weighted by molar-refractivity contribution is -0.142. The van der Waals surface area contributed by atoms with Gasteiger partial charge in [-0.2, -0.15) is 0 Å². The normalized spacial score (nSPS) is 27.0. The fraction of sp³-hybridized carbons (Fsp3) is 0.423. The van der Waals surface area contributed by atoms with Crippen molar-refractivity contribution in [2.75, 3.05) is 26.1 Å². The van der Waals surface area contributed by atoms with E-state index in [2.05, 4.69) is 10.6 Å². The van der Waals surface area contributed by atoms with Gasteiger partial charge in [0.25, 0.3) is 0 Å². The number of rotatable bonds is 6. The van der Waals surface area contributed by atoms with E-state index in [4.69, 9.17) is 21.1 Å². The summed E-state index contributed by atoms with van der Waals surface area (Å²) in [6, 6.07) is 10.3. The van der Waals surface area contributed by atoms with E-state index in [1.54, 1.807) is 38.5 Å². The molecular weight excluding hydrogens is 470 g/mol. The van der Waals surface area contributed by atoms with Crippen molar-refractivity contribution in [2.24, 2.45) is 17.8 Å². The van der Waals surface area contributed by atoms with Gasteiger partial charge in [-0.25, -0.2) is 0 Å². The highest BCUT2D eigenvalue weighted by Crippen LogP contribution is 2.54. The first-order valence-electron chi connectivity index (χ1n) is 11.7. The topological polar surface area (TPSA) is 97.0 Å². The molecule has 3 aliphatic heterocycles. The molecule has 2 aromatic rings. The lowest BCUT2D eigenvalue weighted by Gasteiger charge is -2.30. The van der Waals surface area contributed by atoms with Crippen LogP contribution in [0.25, 0.3) is 0 Å². The summed E-state index contributed by atoms with van der Waals surface area (Å²) in [6.45, 7) is 4.19. The summed E-state index contributed by atoms with van der Waals surface area (Å²) in [6.07, 6.45) is 0.457. The van der Waals surface area contributed by atoms with Crippen LogP contribution in [-0.4, -0.2) is 49.4 Å². The summed E-state index contributed by atoms with van der Waals surface area (Å²) in [4.78, 5) is 42.2. The number of nitrogens with one attached hydrogen (secondary N) is 2. The Morgan fingerprint density at radius 2 is 1.77 bits per heavy atom. The van der Waals surface area contributed by atoms with Gasteiger partial charge in [-0.05, 0) is 48.2 Å². The van der Waals surface area contributed by atoms with Gasteiger partial charge in [0.05, 0.1) is 26.1 Å².